The molecule has 0 fully saturated rings. The standard InChI is InChI=1S/C13H18N4O2/c1-9-6-15(2)13-11(12(9)18-3)14-5-10-7-16(19-4)8-17(10)13/h5-7,12H,8H2,1-4H3. The van der Waals surface area contributed by atoms with Gasteiger partial charge < -0.3 is 14.5 Å². The molecule has 6 nitrogen and oxygen atoms in total. The van der Waals surface area contributed by atoms with Crippen molar-refractivity contribution in [2.24, 2.45) is 4.99 Å². The summed E-state index contributed by atoms with van der Waals surface area (Å²) in [6, 6.07) is 0. The maximum absolute atomic E-state index is 5.57. The highest BCUT2D eigenvalue weighted by molar-refractivity contribution is 5.81. The molecule has 0 aromatic carbocycles. The summed E-state index contributed by atoms with van der Waals surface area (Å²) >= 11 is 0. The zero-order chi connectivity index (χ0) is 13.6. The van der Waals surface area contributed by atoms with Crippen LogP contribution in [0.2, 0.25) is 0 Å². The highest BCUT2D eigenvalue weighted by Crippen LogP contribution is 2.35. The van der Waals surface area contributed by atoms with Gasteiger partial charge in [0.25, 0.3) is 0 Å². The van der Waals surface area contributed by atoms with E-state index in [1.165, 1.54) is 0 Å². The second kappa shape index (κ2) is 4.40. The van der Waals surface area contributed by atoms with Crippen molar-refractivity contribution in [3.05, 3.63) is 35.2 Å². The number of allylic oxidation sites excluding steroid dienone is 1. The van der Waals surface area contributed by atoms with Crippen LogP contribution in [0.25, 0.3) is 0 Å². The molecular weight excluding hydrogens is 244 g/mol. The summed E-state index contributed by atoms with van der Waals surface area (Å²) in [6.45, 7) is 2.71. The first-order valence-electron chi connectivity index (χ1n) is 6.18. The van der Waals surface area contributed by atoms with E-state index in [2.05, 4.69) is 27.9 Å². The molecular formula is C13H18N4O2. The van der Waals surface area contributed by atoms with Gasteiger partial charge in [0.2, 0.25) is 0 Å². The van der Waals surface area contributed by atoms with E-state index in [0.29, 0.717) is 6.67 Å². The minimum Gasteiger partial charge on any atom is -0.371 e. The smallest absolute Gasteiger partial charge is 0.139 e. The lowest BCUT2D eigenvalue weighted by Gasteiger charge is -2.38. The van der Waals surface area contributed by atoms with Gasteiger partial charge in [0.1, 0.15) is 24.3 Å². The summed E-state index contributed by atoms with van der Waals surface area (Å²) in [5.41, 5.74) is 3.12. The Kier molecular flexibility index (Phi) is 2.83. The number of nitrogens with zero attached hydrogens (tertiary/aromatic N) is 4. The summed E-state index contributed by atoms with van der Waals surface area (Å²) < 4.78 is 5.57. The van der Waals surface area contributed by atoms with E-state index in [9.17, 15) is 0 Å². The van der Waals surface area contributed by atoms with Crippen molar-refractivity contribution in [1.82, 2.24) is 14.9 Å². The Hall–Kier alpha value is -1.79. The summed E-state index contributed by atoms with van der Waals surface area (Å²) in [4.78, 5) is 14.1. The lowest BCUT2D eigenvalue weighted by molar-refractivity contribution is -0.0967. The SMILES string of the molecule is COC1C(C)=CN(C)C2=C1N=CC1=CN(OC)CN12. The van der Waals surface area contributed by atoms with Crippen LogP contribution in [0.3, 0.4) is 0 Å². The van der Waals surface area contributed by atoms with Gasteiger partial charge in [-0.15, -0.1) is 0 Å². The molecule has 0 aromatic rings. The molecule has 3 heterocycles. The maximum Gasteiger partial charge on any atom is 0.139 e. The number of methoxy groups -OCH3 is 1. The molecule has 0 bridgehead atoms. The van der Waals surface area contributed by atoms with E-state index in [-0.39, 0.29) is 6.10 Å². The molecule has 0 N–H and O–H groups in total. The summed E-state index contributed by atoms with van der Waals surface area (Å²) in [5, 5.41) is 1.78. The van der Waals surface area contributed by atoms with E-state index in [4.69, 9.17) is 9.57 Å². The molecule has 102 valence electrons. The number of hydrogen-bond acceptors (Lipinski definition) is 6. The summed E-state index contributed by atoms with van der Waals surface area (Å²) in [5.74, 6) is 1.05. The second-order valence-electron chi connectivity index (χ2n) is 4.79. The summed E-state index contributed by atoms with van der Waals surface area (Å²) in [6.07, 6.45) is 5.80. The van der Waals surface area contributed by atoms with Crippen LogP contribution in [-0.2, 0) is 9.57 Å². The topological polar surface area (TPSA) is 40.5 Å². The molecule has 0 saturated carbocycles. The molecule has 6 heteroatoms. The fourth-order valence-corrected chi connectivity index (χ4v) is 2.72. The lowest BCUT2D eigenvalue weighted by atomic mass is 10.0. The molecule has 1 atom stereocenters. The van der Waals surface area contributed by atoms with Crippen molar-refractivity contribution in [2.75, 3.05) is 27.9 Å². The van der Waals surface area contributed by atoms with Gasteiger partial charge in [-0.05, 0) is 12.5 Å². The monoisotopic (exact) mass is 262 g/mol. The van der Waals surface area contributed by atoms with Crippen molar-refractivity contribution in [3.8, 4) is 0 Å². The number of rotatable bonds is 2. The number of fused-ring (bicyclic) bond motifs is 2. The normalized spacial score (nSPS) is 25.5. The predicted octanol–water partition coefficient (Wildman–Crippen LogP) is 1.08. The van der Waals surface area contributed by atoms with Crippen LogP contribution < -0.4 is 0 Å². The van der Waals surface area contributed by atoms with Gasteiger partial charge in [0.05, 0.1) is 25.2 Å². The molecule has 1 unspecified atom stereocenters. The van der Waals surface area contributed by atoms with Crippen LogP contribution in [-0.4, -0.2) is 55.1 Å². The average Bonchev–Trinajstić information content (AvgIpc) is 2.81. The Morgan fingerprint density at radius 1 is 1.32 bits per heavy atom. The number of ether oxygens (including phenoxy) is 1. The Morgan fingerprint density at radius 2 is 2.11 bits per heavy atom. The maximum atomic E-state index is 5.57. The highest BCUT2D eigenvalue weighted by Gasteiger charge is 2.36. The lowest BCUT2D eigenvalue weighted by Crippen LogP contribution is -2.40. The van der Waals surface area contributed by atoms with Gasteiger partial charge in [-0.2, -0.15) is 0 Å². The number of aliphatic imine (C=N–C) groups is 1. The van der Waals surface area contributed by atoms with E-state index >= 15 is 0 Å². The third kappa shape index (κ3) is 1.75. The molecule has 3 aliphatic heterocycles. The molecule has 0 aromatic heterocycles. The zero-order valence-electron chi connectivity index (χ0n) is 11.6. The molecule has 19 heavy (non-hydrogen) atoms. The number of hydrogen-bond donors (Lipinski definition) is 0. The van der Waals surface area contributed by atoms with Crippen LogP contribution in [0.1, 0.15) is 6.92 Å². The molecule has 0 saturated heterocycles. The predicted molar refractivity (Wildman–Crippen MR) is 71.5 cm³/mol. The minimum atomic E-state index is -0.0828. The van der Waals surface area contributed by atoms with Crippen LogP contribution in [0, 0.1) is 0 Å². The third-order valence-electron chi connectivity index (χ3n) is 3.55. The quantitative estimate of drug-likeness (QED) is 0.745. The molecule has 0 radical (unpaired) electrons. The molecule has 0 aliphatic carbocycles. The van der Waals surface area contributed by atoms with Crippen molar-refractivity contribution >= 4 is 6.21 Å². The van der Waals surface area contributed by atoms with Gasteiger partial charge in [-0.1, -0.05) is 0 Å². The van der Waals surface area contributed by atoms with E-state index in [0.717, 1.165) is 22.8 Å². The van der Waals surface area contributed by atoms with Gasteiger partial charge in [-0.3, -0.25) is 9.83 Å². The van der Waals surface area contributed by atoms with Crippen molar-refractivity contribution in [3.63, 3.8) is 0 Å². The Balaban J connectivity index is 2.01. The van der Waals surface area contributed by atoms with E-state index in [1.807, 2.05) is 19.5 Å². The molecule has 0 amide bonds. The zero-order valence-corrected chi connectivity index (χ0v) is 11.6. The van der Waals surface area contributed by atoms with Gasteiger partial charge in [0.15, 0.2) is 0 Å². The minimum absolute atomic E-state index is 0.0828. The van der Waals surface area contributed by atoms with Crippen LogP contribution in [0.4, 0.5) is 0 Å². The largest absolute Gasteiger partial charge is 0.371 e. The number of hydroxylamine groups is 2. The Morgan fingerprint density at radius 3 is 2.79 bits per heavy atom. The first kappa shape index (κ1) is 12.3. The van der Waals surface area contributed by atoms with Crippen molar-refractivity contribution in [2.45, 2.75) is 13.0 Å². The summed E-state index contributed by atoms with van der Waals surface area (Å²) in [7, 11) is 5.40. The Labute approximate surface area is 112 Å². The van der Waals surface area contributed by atoms with Gasteiger partial charge >= 0.3 is 0 Å². The highest BCUT2D eigenvalue weighted by atomic mass is 16.7. The van der Waals surface area contributed by atoms with E-state index < -0.39 is 0 Å². The first-order valence-corrected chi connectivity index (χ1v) is 6.18. The average molecular weight is 262 g/mol. The second-order valence-corrected chi connectivity index (χ2v) is 4.79. The van der Waals surface area contributed by atoms with Crippen LogP contribution in [0.15, 0.2) is 40.2 Å². The Bertz CT molecular complexity index is 521. The van der Waals surface area contributed by atoms with Gasteiger partial charge in [0, 0.05) is 20.4 Å². The van der Waals surface area contributed by atoms with Gasteiger partial charge in [-0.25, -0.2) is 5.06 Å². The van der Waals surface area contributed by atoms with Crippen LogP contribution in [0.5, 0.6) is 0 Å². The fourth-order valence-electron chi connectivity index (χ4n) is 2.72. The van der Waals surface area contributed by atoms with Crippen LogP contribution >= 0.6 is 0 Å². The molecule has 0 spiro atoms. The third-order valence-corrected chi connectivity index (χ3v) is 3.55. The van der Waals surface area contributed by atoms with E-state index in [1.54, 1.807) is 19.3 Å². The first-order chi connectivity index (χ1) is 9.15. The fraction of sp³-hybridized carbons (Fsp3) is 0.462. The van der Waals surface area contributed by atoms with Crippen molar-refractivity contribution < 1.29 is 9.57 Å². The van der Waals surface area contributed by atoms with Crippen molar-refractivity contribution in [1.29, 1.82) is 0 Å². The molecule has 3 rings (SSSR count). The molecule has 3 aliphatic rings.